The Bertz CT molecular complexity index is 769. The largest absolute Gasteiger partial charge is 0.394 e. The van der Waals surface area contributed by atoms with Crippen LogP contribution in [0, 0.1) is 0 Å². The number of hydrogen-bond acceptors (Lipinski definition) is 7. The van der Waals surface area contributed by atoms with Gasteiger partial charge in [0.1, 0.15) is 30.6 Å². The van der Waals surface area contributed by atoms with Crippen LogP contribution in [0.2, 0.25) is 0 Å². The van der Waals surface area contributed by atoms with Crippen molar-refractivity contribution in [1.82, 2.24) is 4.72 Å². The summed E-state index contributed by atoms with van der Waals surface area (Å²) in [7, 11) is -2.48. The second kappa shape index (κ2) is 10.4. The highest BCUT2D eigenvalue weighted by atomic mass is 32.2. The predicted molar refractivity (Wildman–Crippen MR) is 103 cm³/mol. The second-order valence-corrected chi connectivity index (χ2v) is 8.72. The molecule has 0 saturated heterocycles. The molecule has 0 amide bonds. The Morgan fingerprint density at radius 2 is 1.93 bits per heavy atom. The fraction of sp³-hybridized carbons (Fsp3) is 0.611. The summed E-state index contributed by atoms with van der Waals surface area (Å²) in [6.45, 7) is -0.0772. The van der Waals surface area contributed by atoms with Crippen LogP contribution in [0.5, 0.6) is 0 Å². The maximum absolute atomic E-state index is 12.2. The average molecular weight is 418 g/mol. The van der Waals surface area contributed by atoms with Crippen molar-refractivity contribution in [3.63, 3.8) is 0 Å². The van der Waals surface area contributed by atoms with Crippen molar-refractivity contribution >= 4 is 16.2 Å². The van der Waals surface area contributed by atoms with E-state index in [1.807, 2.05) is 29.0 Å². The van der Waals surface area contributed by atoms with Crippen LogP contribution in [0.3, 0.4) is 0 Å². The third kappa shape index (κ3) is 6.31. The lowest BCUT2D eigenvalue weighted by atomic mass is 10.0. The zero-order valence-electron chi connectivity index (χ0n) is 15.8. The number of nitrogens with one attached hydrogen (secondary N) is 1. The molecule has 0 aliphatic carbocycles. The summed E-state index contributed by atoms with van der Waals surface area (Å²) >= 11 is 0. The van der Waals surface area contributed by atoms with Crippen molar-refractivity contribution in [2.24, 2.45) is 0 Å². The highest BCUT2D eigenvalue weighted by molar-refractivity contribution is 7.89. The van der Waals surface area contributed by atoms with Gasteiger partial charge in [-0.2, -0.15) is 0 Å². The van der Waals surface area contributed by atoms with Crippen LogP contribution in [0.1, 0.15) is 11.1 Å². The monoisotopic (exact) mass is 417 g/mol. The Hall–Kier alpha value is -1.40. The standard InChI is InChI=1S/C18H29N2O7S/c1-27-18(16(23)12-21)17(24)15(22)10-19-28(25,26)9-8-20-7-6-13-4-2-3-5-14(13)11-20/h2-5,11,15-19,21-24H,6-10,12H2,1H3/q+1. The third-order valence-corrected chi connectivity index (χ3v) is 6.10. The summed E-state index contributed by atoms with van der Waals surface area (Å²) < 4.78 is 33.5. The number of nitrogens with zero attached hydrogens (tertiary/aromatic N) is 1. The van der Waals surface area contributed by atoms with E-state index >= 15 is 0 Å². The third-order valence-electron chi connectivity index (χ3n) is 4.77. The van der Waals surface area contributed by atoms with Gasteiger partial charge in [-0.25, -0.2) is 17.7 Å². The van der Waals surface area contributed by atoms with Crippen LogP contribution in [-0.2, 0) is 21.2 Å². The molecule has 4 unspecified atom stereocenters. The van der Waals surface area contributed by atoms with E-state index in [2.05, 4.69) is 10.8 Å². The molecule has 5 N–H and O–H groups in total. The number of aliphatic hydroxyl groups excluding tert-OH is 4. The minimum Gasteiger partial charge on any atom is -0.394 e. The smallest absolute Gasteiger partial charge is 0.217 e. The van der Waals surface area contributed by atoms with Crippen molar-refractivity contribution in [2.75, 3.05) is 39.1 Å². The van der Waals surface area contributed by atoms with Crippen molar-refractivity contribution in [1.29, 1.82) is 0 Å². The summed E-state index contributed by atoms with van der Waals surface area (Å²) in [5, 5.41) is 38.5. The lowest BCUT2D eigenvalue weighted by molar-refractivity contribution is -0.519. The molecule has 1 aromatic carbocycles. The molecule has 10 heteroatoms. The van der Waals surface area contributed by atoms with Crippen LogP contribution >= 0.6 is 0 Å². The predicted octanol–water partition coefficient (Wildman–Crippen LogP) is -2.32. The zero-order chi connectivity index (χ0) is 20.7. The molecular weight excluding hydrogens is 388 g/mol. The van der Waals surface area contributed by atoms with Gasteiger partial charge in [-0.15, -0.1) is 0 Å². The first-order valence-electron chi connectivity index (χ1n) is 9.09. The lowest BCUT2D eigenvalue weighted by Gasteiger charge is -2.28. The number of sulfonamides is 1. The van der Waals surface area contributed by atoms with Gasteiger partial charge in [0.05, 0.1) is 12.7 Å². The number of ether oxygens (including phenoxy) is 1. The summed E-state index contributed by atoms with van der Waals surface area (Å²) in [6, 6.07) is 7.95. The SMILES string of the molecule is COC(C(O)CO)C(O)C(O)CNS(=O)(=O)CC[N+]1=Cc2ccccc2CC1. The first kappa shape index (κ1) is 22.9. The molecule has 4 atom stereocenters. The quantitative estimate of drug-likeness (QED) is 0.255. The molecule has 0 radical (unpaired) electrons. The van der Waals surface area contributed by atoms with E-state index in [-0.39, 0.29) is 5.75 Å². The molecule has 158 valence electrons. The summed E-state index contributed by atoms with van der Waals surface area (Å²) in [5.41, 5.74) is 2.31. The van der Waals surface area contributed by atoms with Crippen molar-refractivity contribution in [3.8, 4) is 0 Å². The van der Waals surface area contributed by atoms with Crippen molar-refractivity contribution in [3.05, 3.63) is 35.4 Å². The van der Waals surface area contributed by atoms with E-state index < -0.39 is 47.6 Å². The normalized spacial score (nSPS) is 18.7. The molecule has 2 rings (SSSR count). The van der Waals surface area contributed by atoms with E-state index in [0.29, 0.717) is 6.54 Å². The van der Waals surface area contributed by atoms with Gasteiger partial charge in [0.15, 0.2) is 12.8 Å². The van der Waals surface area contributed by atoms with E-state index in [1.54, 1.807) is 0 Å². The van der Waals surface area contributed by atoms with Crippen LogP contribution in [0.15, 0.2) is 24.3 Å². The topological polar surface area (TPSA) is 139 Å². The Morgan fingerprint density at radius 3 is 2.61 bits per heavy atom. The molecular formula is C18H29N2O7S+. The van der Waals surface area contributed by atoms with Crippen molar-refractivity contribution < 1.29 is 38.2 Å². The highest BCUT2D eigenvalue weighted by Crippen LogP contribution is 2.11. The minimum absolute atomic E-state index is 0.165. The summed E-state index contributed by atoms with van der Waals surface area (Å²) in [5.74, 6) is -0.165. The van der Waals surface area contributed by atoms with Gasteiger partial charge in [0.25, 0.3) is 0 Å². The van der Waals surface area contributed by atoms with E-state index in [1.165, 1.54) is 12.7 Å². The molecule has 28 heavy (non-hydrogen) atoms. The van der Waals surface area contributed by atoms with Gasteiger partial charge in [0, 0.05) is 25.6 Å². The molecule has 1 aromatic rings. The molecule has 1 heterocycles. The summed E-state index contributed by atoms with van der Waals surface area (Å²) in [4.78, 5) is 0. The van der Waals surface area contributed by atoms with Gasteiger partial charge in [-0.1, -0.05) is 18.2 Å². The number of methoxy groups -OCH3 is 1. The number of fused-ring (bicyclic) bond motifs is 1. The molecule has 1 aliphatic heterocycles. The van der Waals surface area contributed by atoms with E-state index in [0.717, 1.165) is 18.5 Å². The fourth-order valence-electron chi connectivity index (χ4n) is 3.08. The van der Waals surface area contributed by atoms with Crippen LogP contribution in [0.25, 0.3) is 0 Å². The Morgan fingerprint density at radius 1 is 1.21 bits per heavy atom. The minimum atomic E-state index is -3.68. The molecule has 0 bridgehead atoms. The van der Waals surface area contributed by atoms with Crippen LogP contribution < -0.4 is 4.72 Å². The zero-order valence-corrected chi connectivity index (χ0v) is 16.6. The Labute approximate surface area is 165 Å². The van der Waals surface area contributed by atoms with E-state index in [4.69, 9.17) is 9.84 Å². The second-order valence-electron chi connectivity index (χ2n) is 6.79. The molecule has 0 saturated carbocycles. The van der Waals surface area contributed by atoms with Gasteiger partial charge in [-0.05, 0) is 11.6 Å². The van der Waals surface area contributed by atoms with Gasteiger partial charge < -0.3 is 25.2 Å². The Kier molecular flexibility index (Phi) is 8.50. The molecule has 0 spiro atoms. The maximum Gasteiger partial charge on any atom is 0.217 e. The lowest BCUT2D eigenvalue weighted by Crippen LogP contribution is -2.50. The molecule has 9 nitrogen and oxygen atoms in total. The Balaban J connectivity index is 1.86. The van der Waals surface area contributed by atoms with Gasteiger partial charge in [-0.3, -0.25) is 0 Å². The van der Waals surface area contributed by atoms with Gasteiger partial charge in [0.2, 0.25) is 10.0 Å². The number of hydrogen-bond donors (Lipinski definition) is 5. The van der Waals surface area contributed by atoms with E-state index in [9.17, 15) is 23.7 Å². The first-order valence-corrected chi connectivity index (χ1v) is 10.7. The summed E-state index contributed by atoms with van der Waals surface area (Å²) in [6.07, 6.45) is -2.93. The fourth-order valence-corrected chi connectivity index (χ4v) is 4.12. The number of aliphatic hydroxyl groups is 4. The van der Waals surface area contributed by atoms with Gasteiger partial charge >= 0.3 is 0 Å². The molecule has 1 aliphatic rings. The van der Waals surface area contributed by atoms with Crippen molar-refractivity contribution in [2.45, 2.75) is 30.8 Å². The highest BCUT2D eigenvalue weighted by Gasteiger charge is 2.32. The van der Waals surface area contributed by atoms with Crippen LogP contribution in [-0.4, -0.2) is 103 Å². The number of rotatable bonds is 11. The molecule has 0 aromatic heterocycles. The average Bonchev–Trinajstić information content (AvgIpc) is 2.70. The number of benzene rings is 1. The molecule has 0 fully saturated rings. The first-order chi connectivity index (χ1) is 13.3. The van der Waals surface area contributed by atoms with Crippen LogP contribution in [0.4, 0.5) is 0 Å². The maximum atomic E-state index is 12.2.